The Morgan fingerprint density at radius 2 is 1.25 bits per heavy atom. The van der Waals surface area contributed by atoms with Gasteiger partial charge in [-0.3, -0.25) is 4.57 Å². The summed E-state index contributed by atoms with van der Waals surface area (Å²) in [5.41, 5.74) is 0. The average Bonchev–Trinajstić information content (AvgIpc) is 2.08. The van der Waals surface area contributed by atoms with Crippen molar-refractivity contribution in [2.45, 2.75) is 6.42 Å². The molecule has 98 valence electrons. The minimum atomic E-state index is -4.84. The Morgan fingerprint density at radius 1 is 0.900 bits per heavy atom. The van der Waals surface area contributed by atoms with E-state index in [2.05, 4.69) is 0 Å². The van der Waals surface area contributed by atoms with Crippen molar-refractivity contribution in [3.8, 4) is 0 Å². The molecule has 0 heterocycles. The van der Waals surface area contributed by atoms with Crippen molar-refractivity contribution in [1.82, 2.24) is 0 Å². The molecule has 0 saturated heterocycles. The maximum absolute atomic E-state index is 10.6. The maximum atomic E-state index is 10.6. The van der Waals surface area contributed by atoms with Crippen LogP contribution in [0.25, 0.3) is 0 Å². The second kappa shape index (κ2) is 14.8. The van der Waals surface area contributed by atoms with Crippen LogP contribution in [-0.2, 0) is 18.9 Å². The average molecular weight is 384 g/mol. The second-order valence-electron chi connectivity index (χ2n) is 3.27. The van der Waals surface area contributed by atoms with Crippen LogP contribution in [0.2, 0.25) is 0 Å². The van der Waals surface area contributed by atoms with Crippen molar-refractivity contribution in [2.24, 2.45) is 11.8 Å². The Bertz CT molecular complexity index is 382. The Labute approximate surface area is 242 Å². The quantitative estimate of drug-likeness (QED) is 0.318. The third-order valence-corrected chi connectivity index (χ3v) is 2.78. The zero-order valence-electron chi connectivity index (χ0n) is 11.3. The van der Waals surface area contributed by atoms with Gasteiger partial charge in [0.05, 0.1) is 6.16 Å². The van der Waals surface area contributed by atoms with Gasteiger partial charge in [0.15, 0.2) is 0 Å². The number of carboxylic acids is 3. The zero-order chi connectivity index (χ0) is 13.8. The molecule has 0 amide bonds. The van der Waals surface area contributed by atoms with Crippen LogP contribution in [0.5, 0.6) is 0 Å². The van der Waals surface area contributed by atoms with Crippen LogP contribution >= 0.6 is 7.60 Å². The molecule has 0 aliphatic rings. The molecule has 0 bridgehead atoms. The van der Waals surface area contributed by atoms with Crippen LogP contribution in [0, 0.1) is 11.8 Å². The number of hydrogen-bond donors (Lipinski definition) is 2. The van der Waals surface area contributed by atoms with Gasteiger partial charge in [-0.25, -0.2) is 0 Å². The van der Waals surface area contributed by atoms with Gasteiger partial charge in [-0.15, -0.1) is 0 Å². The third kappa shape index (κ3) is 15.0. The van der Waals surface area contributed by atoms with Crippen LogP contribution in [0.1, 0.15) is 6.42 Å². The fourth-order valence-electron chi connectivity index (χ4n) is 1.19. The van der Waals surface area contributed by atoms with Gasteiger partial charge in [0.2, 0.25) is 0 Å². The summed E-state index contributed by atoms with van der Waals surface area (Å²) in [4.78, 5) is 48.4. The van der Waals surface area contributed by atoms with E-state index >= 15 is 0 Å². The third-order valence-electron chi connectivity index (χ3n) is 1.91. The fourth-order valence-corrected chi connectivity index (χ4v) is 2.11. The van der Waals surface area contributed by atoms with E-state index in [0.29, 0.717) is 0 Å². The summed E-state index contributed by atoms with van der Waals surface area (Å²) in [6, 6.07) is 0. The van der Waals surface area contributed by atoms with Gasteiger partial charge in [0.1, 0.15) is 0 Å². The van der Waals surface area contributed by atoms with Crippen LogP contribution in [0.3, 0.4) is 0 Å². The SMILES string of the molecule is O=C([O-])CC(C(=O)[O-])C(CP(=O)(O)O)C(=O)[O-].[K+].[K+].[K+]. The molecule has 20 heavy (non-hydrogen) atoms. The molecule has 0 aromatic rings. The Hall–Kier alpha value is 3.47. The van der Waals surface area contributed by atoms with Gasteiger partial charge in [-0.2, -0.15) is 0 Å². The molecule has 0 aromatic carbocycles. The molecule has 0 radical (unpaired) electrons. The molecule has 13 heteroatoms. The summed E-state index contributed by atoms with van der Waals surface area (Å²) in [6.07, 6.45) is -2.58. The number of aliphatic carboxylic acids is 3. The summed E-state index contributed by atoms with van der Waals surface area (Å²) in [7, 11) is -4.84. The predicted octanol–water partition coefficient (Wildman–Crippen LogP) is -14.0. The normalized spacial score (nSPS) is 12.7. The molecular weight excluding hydrogens is 376 g/mol. The Morgan fingerprint density at radius 3 is 1.45 bits per heavy atom. The van der Waals surface area contributed by atoms with Crippen molar-refractivity contribution in [1.29, 1.82) is 0 Å². The van der Waals surface area contributed by atoms with E-state index in [1.165, 1.54) is 0 Å². The molecule has 0 fully saturated rings. The van der Waals surface area contributed by atoms with Gasteiger partial charge in [0.25, 0.3) is 0 Å². The minimum absolute atomic E-state index is 0. The van der Waals surface area contributed by atoms with Crippen molar-refractivity contribution in [2.75, 3.05) is 6.16 Å². The Kier molecular flexibility index (Phi) is 23.1. The standard InChI is InChI=1S/C7H11O9P.3K/c8-5(9)1-3(6(10)11)4(7(12)13)2-17(14,15)16;;;/h3-4H,1-2H2,(H,8,9)(H,10,11)(H,12,13)(H2,14,15,16);;;/q;3*+1/p-3. The van der Waals surface area contributed by atoms with Crippen LogP contribution < -0.4 is 169 Å². The van der Waals surface area contributed by atoms with Crippen molar-refractivity contribution < 1.29 is 198 Å². The summed E-state index contributed by atoms with van der Waals surface area (Å²) in [5.74, 6) is -10.3. The number of carbonyl (C=O) groups is 3. The van der Waals surface area contributed by atoms with Crippen molar-refractivity contribution in [3.05, 3.63) is 0 Å². The summed E-state index contributed by atoms with van der Waals surface area (Å²) < 4.78 is 10.6. The van der Waals surface area contributed by atoms with E-state index < -0.39 is 49.9 Å². The first-order chi connectivity index (χ1) is 7.54. The summed E-state index contributed by atoms with van der Waals surface area (Å²) in [5, 5.41) is 31.3. The molecule has 2 atom stereocenters. The molecule has 9 nitrogen and oxygen atoms in total. The molecule has 0 aliphatic carbocycles. The fraction of sp³-hybridized carbons (Fsp3) is 0.571. The van der Waals surface area contributed by atoms with Crippen LogP contribution in [-0.4, -0.2) is 33.9 Å². The first-order valence-electron chi connectivity index (χ1n) is 4.20. The molecule has 0 rings (SSSR count). The second-order valence-corrected chi connectivity index (χ2v) is 4.97. The van der Waals surface area contributed by atoms with E-state index in [4.69, 9.17) is 9.79 Å². The van der Waals surface area contributed by atoms with E-state index in [1.54, 1.807) is 0 Å². The van der Waals surface area contributed by atoms with E-state index in [1.807, 2.05) is 0 Å². The van der Waals surface area contributed by atoms with Gasteiger partial charge < -0.3 is 39.5 Å². The number of carboxylic acid groups (broad SMARTS) is 3. The molecular formula is C7H8K3O9P. The number of carbonyl (C=O) groups excluding carboxylic acids is 3. The zero-order valence-corrected chi connectivity index (χ0v) is 21.5. The molecule has 2 unspecified atom stereocenters. The molecule has 0 aromatic heterocycles. The first kappa shape index (κ1) is 31.3. The molecule has 0 aliphatic heterocycles. The minimum Gasteiger partial charge on any atom is -0.550 e. The summed E-state index contributed by atoms with van der Waals surface area (Å²) >= 11 is 0. The molecule has 0 saturated carbocycles. The largest absolute Gasteiger partial charge is 1.00 e. The van der Waals surface area contributed by atoms with E-state index in [0.717, 1.165) is 0 Å². The van der Waals surface area contributed by atoms with E-state index in [9.17, 15) is 34.3 Å². The monoisotopic (exact) mass is 384 g/mol. The van der Waals surface area contributed by atoms with Crippen molar-refractivity contribution in [3.63, 3.8) is 0 Å². The molecule has 2 N–H and O–H groups in total. The predicted molar refractivity (Wildman–Crippen MR) is 43.5 cm³/mol. The topological polar surface area (TPSA) is 178 Å². The van der Waals surface area contributed by atoms with Crippen molar-refractivity contribution >= 4 is 25.5 Å². The van der Waals surface area contributed by atoms with Gasteiger partial charge >= 0.3 is 162 Å². The van der Waals surface area contributed by atoms with Crippen LogP contribution in [0.15, 0.2) is 0 Å². The van der Waals surface area contributed by atoms with Gasteiger partial charge in [0, 0.05) is 29.7 Å². The maximum Gasteiger partial charge on any atom is 1.00 e. The number of hydrogen-bond acceptors (Lipinski definition) is 7. The molecule has 0 spiro atoms. The number of rotatable bonds is 7. The van der Waals surface area contributed by atoms with Crippen LogP contribution in [0.4, 0.5) is 0 Å². The smallest absolute Gasteiger partial charge is 0.550 e. The van der Waals surface area contributed by atoms with Gasteiger partial charge in [-0.1, -0.05) is 0 Å². The summed E-state index contributed by atoms with van der Waals surface area (Å²) in [6.45, 7) is 0. The Balaban J connectivity index is -0.000000427. The first-order valence-corrected chi connectivity index (χ1v) is 6.00. The van der Waals surface area contributed by atoms with E-state index in [-0.39, 0.29) is 154 Å². The van der Waals surface area contributed by atoms with Gasteiger partial charge in [-0.05, 0) is 6.42 Å².